The van der Waals surface area contributed by atoms with Gasteiger partial charge in [0.15, 0.2) is 0 Å². The third-order valence-electron chi connectivity index (χ3n) is 0.270. The van der Waals surface area contributed by atoms with Crippen LogP contribution in [0.25, 0.3) is 0 Å². The van der Waals surface area contributed by atoms with Crippen molar-refractivity contribution in [2.45, 2.75) is 6.55 Å². The Morgan fingerprint density at radius 2 is 2.14 bits per heavy atom. The van der Waals surface area contributed by atoms with Crippen molar-refractivity contribution in [2.75, 3.05) is 0 Å². The summed E-state index contributed by atoms with van der Waals surface area (Å²) in [6, 6.07) is 0. The maximum Gasteiger partial charge on any atom is 0.315 e. The van der Waals surface area contributed by atoms with Gasteiger partial charge in [-0.3, -0.25) is 4.79 Å². The van der Waals surface area contributed by atoms with E-state index in [4.69, 9.17) is 0 Å². The first kappa shape index (κ1) is 6.33. The Labute approximate surface area is 39.5 Å². The Hall–Kier alpha value is -0.670. The average molecular weight is 108 g/mol. The Balaban J connectivity index is 3.13. The molecule has 0 fully saturated rings. The summed E-state index contributed by atoms with van der Waals surface area (Å²) >= 11 is 0. The second-order valence-electron chi connectivity index (χ2n) is 0.868. The highest BCUT2D eigenvalue weighted by Gasteiger charge is 1.99. The first-order chi connectivity index (χ1) is 3.13. The van der Waals surface area contributed by atoms with Crippen molar-refractivity contribution in [2.24, 2.45) is 0 Å². The highest BCUT2D eigenvalue weighted by Crippen LogP contribution is 1.81. The van der Waals surface area contributed by atoms with Crippen molar-refractivity contribution in [1.82, 2.24) is 5.32 Å². The Morgan fingerprint density at radius 1 is 1.71 bits per heavy atom. The maximum atomic E-state index is 10.9. The molecular weight excluding hydrogens is 104 g/mol. The molecule has 7 heavy (non-hydrogen) atoms. The van der Waals surface area contributed by atoms with Crippen molar-refractivity contribution in [1.29, 1.82) is 0 Å². The number of halogens is 2. The minimum atomic E-state index is -2.79. The molecule has 0 spiro atoms. The van der Waals surface area contributed by atoms with Crippen LogP contribution in [0.15, 0.2) is 0 Å². The molecule has 0 aliphatic rings. The number of nitrogens with one attached hydrogen (secondary N) is 1. The molecular formula is C3H4F2NO. The SMILES string of the molecule is [CH2]C(=O)NC(F)F. The smallest absolute Gasteiger partial charge is 0.300 e. The van der Waals surface area contributed by atoms with Gasteiger partial charge in [-0.15, -0.1) is 0 Å². The predicted molar refractivity (Wildman–Crippen MR) is 19.5 cm³/mol. The molecule has 0 rings (SSSR count). The fraction of sp³-hybridized carbons (Fsp3) is 0.333. The van der Waals surface area contributed by atoms with Gasteiger partial charge in [-0.05, 0) is 0 Å². The molecule has 0 bridgehead atoms. The molecule has 0 heterocycles. The third-order valence-corrected chi connectivity index (χ3v) is 0.270. The second kappa shape index (κ2) is 2.49. The summed E-state index contributed by atoms with van der Waals surface area (Å²) in [6.07, 6.45) is 0. The zero-order chi connectivity index (χ0) is 5.86. The van der Waals surface area contributed by atoms with Crippen LogP contribution in [0.3, 0.4) is 0 Å². The summed E-state index contributed by atoms with van der Waals surface area (Å²) < 4.78 is 21.8. The van der Waals surface area contributed by atoms with Gasteiger partial charge in [0, 0.05) is 6.92 Å². The lowest BCUT2D eigenvalue weighted by Gasteiger charge is -1.94. The first-order valence-electron chi connectivity index (χ1n) is 1.53. The van der Waals surface area contributed by atoms with Gasteiger partial charge in [-0.25, -0.2) is 0 Å². The lowest BCUT2D eigenvalue weighted by Crippen LogP contribution is -2.25. The summed E-state index contributed by atoms with van der Waals surface area (Å²) in [5.74, 6) is -0.963. The van der Waals surface area contributed by atoms with E-state index in [1.54, 1.807) is 0 Å². The summed E-state index contributed by atoms with van der Waals surface area (Å²) in [5, 5.41) is 1.22. The van der Waals surface area contributed by atoms with Crippen molar-refractivity contribution in [3.8, 4) is 0 Å². The van der Waals surface area contributed by atoms with Crippen molar-refractivity contribution in [3.05, 3.63) is 6.92 Å². The third kappa shape index (κ3) is 5.33. The van der Waals surface area contributed by atoms with Gasteiger partial charge in [-0.1, -0.05) is 0 Å². The van der Waals surface area contributed by atoms with E-state index in [-0.39, 0.29) is 0 Å². The van der Waals surface area contributed by atoms with Gasteiger partial charge in [0.1, 0.15) is 0 Å². The van der Waals surface area contributed by atoms with Crippen LogP contribution in [0.5, 0.6) is 0 Å². The lowest BCUT2D eigenvalue weighted by atomic mass is 10.7. The van der Waals surface area contributed by atoms with E-state index in [1.807, 2.05) is 0 Å². The van der Waals surface area contributed by atoms with Crippen LogP contribution >= 0.6 is 0 Å². The van der Waals surface area contributed by atoms with Gasteiger partial charge in [-0.2, -0.15) is 8.78 Å². The minimum absolute atomic E-state index is 0.963. The van der Waals surface area contributed by atoms with Gasteiger partial charge >= 0.3 is 6.55 Å². The molecule has 0 unspecified atom stereocenters. The van der Waals surface area contributed by atoms with E-state index >= 15 is 0 Å². The number of carbonyl (C=O) groups excluding carboxylic acids is 1. The van der Waals surface area contributed by atoms with Crippen LogP contribution in [-0.4, -0.2) is 12.5 Å². The fourth-order valence-electron chi connectivity index (χ4n) is 0.122. The van der Waals surface area contributed by atoms with E-state index < -0.39 is 12.5 Å². The lowest BCUT2D eigenvalue weighted by molar-refractivity contribution is -0.120. The number of carbonyl (C=O) groups is 1. The molecule has 0 saturated carbocycles. The van der Waals surface area contributed by atoms with Crippen LogP contribution < -0.4 is 5.32 Å². The van der Waals surface area contributed by atoms with Crippen molar-refractivity contribution in [3.63, 3.8) is 0 Å². The molecule has 1 N–H and O–H groups in total. The van der Waals surface area contributed by atoms with Gasteiger partial charge in [0.25, 0.3) is 0 Å². The molecule has 0 aliphatic carbocycles. The molecule has 0 saturated heterocycles. The van der Waals surface area contributed by atoms with E-state index in [2.05, 4.69) is 6.92 Å². The number of hydrogen-bond acceptors (Lipinski definition) is 1. The highest BCUT2D eigenvalue weighted by atomic mass is 19.3. The Kier molecular flexibility index (Phi) is 2.26. The van der Waals surface area contributed by atoms with E-state index in [1.165, 1.54) is 5.32 Å². The summed E-state index contributed by atoms with van der Waals surface area (Å²) in [4.78, 5) is 9.55. The fourth-order valence-corrected chi connectivity index (χ4v) is 0.122. The number of rotatable bonds is 1. The van der Waals surface area contributed by atoms with Crippen molar-refractivity contribution < 1.29 is 13.6 Å². The zero-order valence-corrected chi connectivity index (χ0v) is 3.45. The average Bonchev–Trinajstić information content (AvgIpc) is 1.27. The van der Waals surface area contributed by atoms with Gasteiger partial charge < -0.3 is 5.32 Å². The summed E-state index contributed by atoms with van der Waals surface area (Å²) in [6.45, 7) is -0.138. The molecule has 1 amide bonds. The van der Waals surface area contributed by atoms with E-state index in [9.17, 15) is 13.6 Å². The van der Waals surface area contributed by atoms with Crippen LogP contribution in [0.1, 0.15) is 0 Å². The second-order valence-corrected chi connectivity index (χ2v) is 0.868. The molecule has 2 nitrogen and oxygen atoms in total. The standard InChI is InChI=1S/C3H4F2NO/c1-2(7)6-3(4)5/h3H,1H2,(H,6,7). The topological polar surface area (TPSA) is 29.1 Å². The maximum absolute atomic E-state index is 10.9. The molecule has 0 aromatic carbocycles. The molecule has 41 valence electrons. The van der Waals surface area contributed by atoms with Crippen molar-refractivity contribution >= 4 is 5.91 Å². The minimum Gasteiger partial charge on any atom is -0.300 e. The molecule has 1 radical (unpaired) electrons. The van der Waals surface area contributed by atoms with E-state index in [0.717, 1.165) is 0 Å². The molecule has 4 heteroatoms. The molecule has 0 aromatic rings. The molecule has 0 atom stereocenters. The monoisotopic (exact) mass is 108 g/mol. The molecule has 0 aromatic heterocycles. The van der Waals surface area contributed by atoms with Gasteiger partial charge in [0.2, 0.25) is 5.91 Å². The van der Waals surface area contributed by atoms with Gasteiger partial charge in [0.05, 0.1) is 0 Å². The van der Waals surface area contributed by atoms with Crippen LogP contribution in [0.2, 0.25) is 0 Å². The predicted octanol–water partition coefficient (Wildman–Crippen LogP) is 0.159. The van der Waals surface area contributed by atoms with Crippen LogP contribution in [-0.2, 0) is 4.79 Å². The largest absolute Gasteiger partial charge is 0.315 e. The summed E-state index contributed by atoms with van der Waals surface area (Å²) in [7, 11) is 0. The normalized spacial score (nSPS) is 9.14. The number of alkyl halides is 2. The van der Waals surface area contributed by atoms with E-state index in [0.29, 0.717) is 0 Å². The number of hydrogen-bond donors (Lipinski definition) is 1. The molecule has 0 aliphatic heterocycles. The van der Waals surface area contributed by atoms with Crippen LogP contribution in [0, 0.1) is 6.92 Å². The highest BCUT2D eigenvalue weighted by molar-refractivity contribution is 5.79. The quantitative estimate of drug-likeness (QED) is 0.476. The zero-order valence-electron chi connectivity index (χ0n) is 3.45. The van der Waals surface area contributed by atoms with Crippen LogP contribution in [0.4, 0.5) is 8.78 Å². The Morgan fingerprint density at radius 3 is 2.14 bits per heavy atom. The Bertz CT molecular complexity index is 73.3. The summed E-state index contributed by atoms with van der Waals surface area (Å²) in [5.41, 5.74) is 0. The number of amides is 1. The first-order valence-corrected chi connectivity index (χ1v) is 1.53.